The Morgan fingerprint density at radius 3 is 2.22 bits per heavy atom. The van der Waals surface area contributed by atoms with Crippen molar-refractivity contribution in [3.8, 4) is 0 Å². The number of aryl methyl sites for hydroxylation is 1. The Morgan fingerprint density at radius 1 is 1.07 bits per heavy atom. The Morgan fingerprint density at radius 2 is 1.67 bits per heavy atom. The minimum Gasteiger partial charge on any atom is -0.460 e. The van der Waals surface area contributed by atoms with Crippen LogP contribution < -0.4 is 0 Å². The molecule has 0 saturated carbocycles. The zero-order valence-electron chi connectivity index (χ0n) is 15.4. The largest absolute Gasteiger partial charge is 0.460 e. The van der Waals surface area contributed by atoms with Crippen LogP contribution in [0, 0.1) is 6.92 Å². The zero-order chi connectivity index (χ0) is 20.1. The molecule has 2 aromatic rings. The van der Waals surface area contributed by atoms with Gasteiger partial charge in [-0.2, -0.15) is 0 Å². The van der Waals surface area contributed by atoms with E-state index in [9.17, 15) is 18.0 Å². The lowest BCUT2D eigenvalue weighted by molar-refractivity contribution is -0.154. The predicted molar refractivity (Wildman–Crippen MR) is 99.6 cm³/mol. The normalized spacial score (nSPS) is 12.9. The standard InChI is InChI=1S/C20H22O6S/c1-15-9-11-17(12-10-15)27(23,24)18(20(2,3)26-14-21)19(22)25-13-16-7-5-4-6-8-16/h4-12,14,18H,13H2,1-3H3. The first-order valence-corrected chi connectivity index (χ1v) is 9.85. The summed E-state index contributed by atoms with van der Waals surface area (Å²) in [7, 11) is -4.16. The maximum atomic E-state index is 13.1. The number of carbonyl (C=O) groups is 2. The van der Waals surface area contributed by atoms with E-state index in [1.54, 1.807) is 36.4 Å². The van der Waals surface area contributed by atoms with E-state index in [1.165, 1.54) is 26.0 Å². The van der Waals surface area contributed by atoms with Gasteiger partial charge >= 0.3 is 5.97 Å². The average Bonchev–Trinajstić information content (AvgIpc) is 2.60. The second kappa shape index (κ2) is 8.35. The van der Waals surface area contributed by atoms with Gasteiger partial charge in [-0.05, 0) is 38.5 Å². The quantitative estimate of drug-likeness (QED) is 0.509. The molecule has 0 aliphatic heterocycles. The predicted octanol–water partition coefficient (Wildman–Crippen LogP) is 2.83. The monoisotopic (exact) mass is 390 g/mol. The van der Waals surface area contributed by atoms with Crippen molar-refractivity contribution in [2.24, 2.45) is 0 Å². The molecule has 0 aliphatic carbocycles. The summed E-state index contributed by atoms with van der Waals surface area (Å²) in [6, 6.07) is 15.0. The fraction of sp³-hybridized carbons (Fsp3) is 0.300. The van der Waals surface area contributed by atoms with E-state index in [4.69, 9.17) is 9.47 Å². The van der Waals surface area contributed by atoms with Crippen LogP contribution in [-0.4, -0.2) is 31.7 Å². The number of sulfone groups is 1. The molecule has 144 valence electrons. The first-order chi connectivity index (χ1) is 12.7. The highest BCUT2D eigenvalue weighted by Gasteiger charge is 2.48. The lowest BCUT2D eigenvalue weighted by atomic mass is 10.0. The van der Waals surface area contributed by atoms with Crippen LogP contribution in [0.2, 0.25) is 0 Å². The van der Waals surface area contributed by atoms with Crippen LogP contribution in [0.1, 0.15) is 25.0 Å². The zero-order valence-corrected chi connectivity index (χ0v) is 16.2. The van der Waals surface area contributed by atoms with Gasteiger partial charge in [0.1, 0.15) is 12.2 Å². The molecule has 7 heteroatoms. The highest BCUT2D eigenvalue weighted by Crippen LogP contribution is 2.28. The summed E-state index contributed by atoms with van der Waals surface area (Å²) in [4.78, 5) is 23.5. The van der Waals surface area contributed by atoms with Crippen molar-refractivity contribution < 1.29 is 27.5 Å². The van der Waals surface area contributed by atoms with Crippen LogP contribution in [-0.2, 0) is 35.5 Å². The van der Waals surface area contributed by atoms with E-state index in [1.807, 2.05) is 13.0 Å². The molecule has 0 aliphatic rings. The minimum atomic E-state index is -4.16. The summed E-state index contributed by atoms with van der Waals surface area (Å²) in [6.07, 6.45) is 0. The fourth-order valence-electron chi connectivity index (χ4n) is 2.64. The molecule has 0 bridgehead atoms. The van der Waals surface area contributed by atoms with Gasteiger partial charge in [-0.15, -0.1) is 0 Å². The number of esters is 1. The molecule has 0 saturated heterocycles. The molecule has 0 spiro atoms. The molecule has 2 rings (SSSR count). The third kappa shape index (κ3) is 4.95. The molecule has 2 aromatic carbocycles. The molecular formula is C20H22O6S. The SMILES string of the molecule is Cc1ccc(S(=O)(=O)C(C(=O)OCc2ccccc2)C(C)(C)OC=O)cc1. The molecule has 0 N–H and O–H groups in total. The van der Waals surface area contributed by atoms with Gasteiger partial charge in [0, 0.05) is 0 Å². The highest BCUT2D eigenvalue weighted by atomic mass is 32.2. The second-order valence-electron chi connectivity index (χ2n) is 6.65. The number of hydrogen-bond acceptors (Lipinski definition) is 6. The smallest absolute Gasteiger partial charge is 0.329 e. The van der Waals surface area contributed by atoms with E-state index >= 15 is 0 Å². The Kier molecular flexibility index (Phi) is 6.38. The summed E-state index contributed by atoms with van der Waals surface area (Å²) in [5.74, 6) is -0.980. The Hall–Kier alpha value is -2.67. The number of rotatable bonds is 8. The summed E-state index contributed by atoms with van der Waals surface area (Å²) in [5, 5.41) is -1.71. The van der Waals surface area contributed by atoms with E-state index < -0.39 is 26.7 Å². The number of ether oxygens (including phenoxy) is 2. The highest BCUT2D eigenvalue weighted by molar-refractivity contribution is 7.92. The first-order valence-electron chi connectivity index (χ1n) is 8.31. The van der Waals surface area contributed by atoms with E-state index in [0.717, 1.165) is 5.56 Å². The molecule has 6 nitrogen and oxygen atoms in total. The van der Waals surface area contributed by atoms with E-state index in [0.29, 0.717) is 5.56 Å². The van der Waals surface area contributed by atoms with Crippen LogP contribution in [0.25, 0.3) is 0 Å². The first kappa shape index (κ1) is 20.6. The van der Waals surface area contributed by atoms with Gasteiger partial charge < -0.3 is 9.47 Å². The Bertz CT molecular complexity index is 886. The van der Waals surface area contributed by atoms with Gasteiger partial charge in [-0.3, -0.25) is 9.59 Å². The molecule has 0 aromatic heterocycles. The topological polar surface area (TPSA) is 86.7 Å². The number of hydrogen-bond donors (Lipinski definition) is 0. The maximum absolute atomic E-state index is 13.1. The Balaban J connectivity index is 2.37. The molecule has 27 heavy (non-hydrogen) atoms. The van der Waals surface area contributed by atoms with Crippen molar-refractivity contribution >= 4 is 22.3 Å². The van der Waals surface area contributed by atoms with Crippen LogP contribution in [0.3, 0.4) is 0 Å². The van der Waals surface area contributed by atoms with Crippen molar-refractivity contribution in [2.45, 2.75) is 43.1 Å². The van der Waals surface area contributed by atoms with Crippen molar-refractivity contribution in [2.75, 3.05) is 0 Å². The minimum absolute atomic E-state index is 0.0441. The fourth-order valence-corrected chi connectivity index (χ4v) is 4.55. The van der Waals surface area contributed by atoms with Gasteiger partial charge in [0.25, 0.3) is 6.47 Å². The van der Waals surface area contributed by atoms with Crippen LogP contribution in [0.4, 0.5) is 0 Å². The lowest BCUT2D eigenvalue weighted by Crippen LogP contribution is -2.50. The third-order valence-corrected chi connectivity index (χ3v) is 6.39. The molecule has 0 fully saturated rings. The van der Waals surface area contributed by atoms with Gasteiger partial charge in [-0.1, -0.05) is 48.0 Å². The average molecular weight is 390 g/mol. The van der Waals surface area contributed by atoms with Crippen LogP contribution in [0.15, 0.2) is 59.5 Å². The third-order valence-electron chi connectivity index (χ3n) is 4.08. The lowest BCUT2D eigenvalue weighted by Gasteiger charge is -2.30. The molecule has 0 radical (unpaired) electrons. The van der Waals surface area contributed by atoms with E-state index in [-0.39, 0.29) is 18.0 Å². The molecule has 0 heterocycles. The molecular weight excluding hydrogens is 368 g/mol. The summed E-state index contributed by atoms with van der Waals surface area (Å²) >= 11 is 0. The van der Waals surface area contributed by atoms with Crippen molar-refractivity contribution in [1.82, 2.24) is 0 Å². The van der Waals surface area contributed by atoms with Gasteiger partial charge in [0.05, 0.1) is 4.90 Å². The van der Waals surface area contributed by atoms with E-state index in [2.05, 4.69) is 0 Å². The van der Waals surface area contributed by atoms with Gasteiger partial charge in [0.15, 0.2) is 9.84 Å². The van der Waals surface area contributed by atoms with Crippen LogP contribution in [0.5, 0.6) is 0 Å². The Labute approximate surface area is 159 Å². The molecule has 1 unspecified atom stereocenters. The van der Waals surface area contributed by atoms with Crippen molar-refractivity contribution in [3.63, 3.8) is 0 Å². The molecule has 1 atom stereocenters. The van der Waals surface area contributed by atoms with Crippen LogP contribution >= 0.6 is 0 Å². The van der Waals surface area contributed by atoms with Crippen molar-refractivity contribution in [1.29, 1.82) is 0 Å². The second-order valence-corrected chi connectivity index (χ2v) is 8.68. The summed E-state index contributed by atoms with van der Waals surface area (Å²) in [5.41, 5.74) is -0.0220. The molecule has 0 amide bonds. The summed E-state index contributed by atoms with van der Waals surface area (Å²) < 4.78 is 36.4. The van der Waals surface area contributed by atoms with Crippen molar-refractivity contribution in [3.05, 3.63) is 65.7 Å². The summed E-state index contributed by atoms with van der Waals surface area (Å²) in [6.45, 7) is 4.59. The number of benzene rings is 2. The van der Waals surface area contributed by atoms with Gasteiger partial charge in [0.2, 0.25) is 5.25 Å². The van der Waals surface area contributed by atoms with Gasteiger partial charge in [-0.25, -0.2) is 8.42 Å². The maximum Gasteiger partial charge on any atom is 0.329 e. The number of carbonyl (C=O) groups excluding carboxylic acids is 2.